The molecule has 1 saturated heterocycles. The number of hydrogen-bond donors (Lipinski definition) is 1. The molecule has 2 aromatic rings. The van der Waals surface area contributed by atoms with Gasteiger partial charge in [-0.3, -0.25) is 9.59 Å². The van der Waals surface area contributed by atoms with E-state index in [0.717, 1.165) is 30.8 Å². The molecule has 156 valence electrons. The first-order valence-corrected chi connectivity index (χ1v) is 10.3. The highest BCUT2D eigenvalue weighted by molar-refractivity contribution is 6.06. The van der Waals surface area contributed by atoms with Crippen LogP contribution in [-0.2, 0) is 14.3 Å². The lowest BCUT2D eigenvalue weighted by Crippen LogP contribution is -2.44. The monoisotopic (exact) mass is 407 g/mol. The van der Waals surface area contributed by atoms with Crippen LogP contribution < -0.4 is 15.1 Å². The van der Waals surface area contributed by atoms with Crippen molar-refractivity contribution in [2.75, 3.05) is 28.2 Å². The molecule has 2 aromatic carbocycles. The molecule has 0 bridgehead atoms. The molecule has 0 aromatic heterocycles. The second-order valence-electron chi connectivity index (χ2n) is 7.54. The number of para-hydroxylation sites is 1. The molecule has 0 aliphatic carbocycles. The number of benzene rings is 2. The Bertz CT molecular complexity index is 976. The van der Waals surface area contributed by atoms with Crippen molar-refractivity contribution in [3.63, 3.8) is 0 Å². The van der Waals surface area contributed by atoms with Crippen molar-refractivity contribution in [2.45, 2.75) is 38.8 Å². The van der Waals surface area contributed by atoms with E-state index in [4.69, 9.17) is 4.74 Å². The number of nitrogens with zero attached hydrogens (tertiary/aromatic N) is 2. The maximum Gasteiger partial charge on any atom is 0.338 e. The van der Waals surface area contributed by atoms with E-state index in [-0.39, 0.29) is 17.9 Å². The Morgan fingerprint density at radius 2 is 2.00 bits per heavy atom. The molecule has 0 unspecified atom stereocenters. The minimum absolute atomic E-state index is 0.0458. The number of amides is 2. The van der Waals surface area contributed by atoms with Gasteiger partial charge in [-0.25, -0.2) is 4.79 Å². The molecule has 2 aliphatic rings. The molecule has 0 radical (unpaired) electrons. The van der Waals surface area contributed by atoms with Gasteiger partial charge in [0.2, 0.25) is 5.91 Å². The predicted octanol–water partition coefficient (Wildman–Crippen LogP) is 3.21. The molecule has 1 N–H and O–H groups in total. The third kappa shape index (κ3) is 3.63. The molecule has 1 fully saturated rings. The number of hydrogen-bond acceptors (Lipinski definition) is 5. The third-order valence-corrected chi connectivity index (χ3v) is 5.64. The fourth-order valence-electron chi connectivity index (χ4n) is 4.13. The van der Waals surface area contributed by atoms with Gasteiger partial charge in [0, 0.05) is 18.8 Å². The molecular weight excluding hydrogens is 382 g/mol. The van der Waals surface area contributed by atoms with Crippen LogP contribution in [0.25, 0.3) is 0 Å². The Labute approximate surface area is 175 Å². The Morgan fingerprint density at radius 1 is 1.23 bits per heavy atom. The van der Waals surface area contributed by atoms with Crippen molar-refractivity contribution >= 4 is 34.8 Å². The Balaban J connectivity index is 1.48. The van der Waals surface area contributed by atoms with Crippen LogP contribution in [0.1, 0.15) is 37.0 Å². The molecule has 4 rings (SSSR count). The van der Waals surface area contributed by atoms with E-state index in [1.165, 1.54) is 0 Å². The zero-order valence-electron chi connectivity index (χ0n) is 17.1. The zero-order valence-corrected chi connectivity index (χ0v) is 17.1. The summed E-state index contributed by atoms with van der Waals surface area (Å²) in [5.41, 5.74) is 2.57. The van der Waals surface area contributed by atoms with Gasteiger partial charge < -0.3 is 19.9 Å². The van der Waals surface area contributed by atoms with Crippen molar-refractivity contribution in [3.05, 3.63) is 54.1 Å². The van der Waals surface area contributed by atoms with Crippen LogP contribution in [0.4, 0.5) is 17.1 Å². The summed E-state index contributed by atoms with van der Waals surface area (Å²) in [6.45, 7) is 4.73. The van der Waals surface area contributed by atoms with E-state index >= 15 is 0 Å². The van der Waals surface area contributed by atoms with E-state index in [2.05, 4.69) is 10.2 Å². The van der Waals surface area contributed by atoms with Crippen molar-refractivity contribution in [3.8, 4) is 0 Å². The maximum atomic E-state index is 12.8. The van der Waals surface area contributed by atoms with Gasteiger partial charge in [-0.15, -0.1) is 0 Å². The van der Waals surface area contributed by atoms with Crippen molar-refractivity contribution in [1.29, 1.82) is 0 Å². The molecule has 2 amide bonds. The van der Waals surface area contributed by atoms with Crippen molar-refractivity contribution < 1.29 is 19.1 Å². The van der Waals surface area contributed by atoms with Crippen LogP contribution in [0.3, 0.4) is 0 Å². The summed E-state index contributed by atoms with van der Waals surface area (Å²) in [7, 11) is 0. The minimum Gasteiger partial charge on any atom is -0.449 e. The van der Waals surface area contributed by atoms with Gasteiger partial charge in [-0.2, -0.15) is 0 Å². The topological polar surface area (TPSA) is 79.0 Å². The van der Waals surface area contributed by atoms with Gasteiger partial charge >= 0.3 is 5.97 Å². The third-order valence-electron chi connectivity index (χ3n) is 5.64. The van der Waals surface area contributed by atoms with Gasteiger partial charge in [0.05, 0.1) is 16.9 Å². The normalized spacial score (nSPS) is 18.1. The summed E-state index contributed by atoms with van der Waals surface area (Å²) in [6, 6.07) is 14.3. The first kappa shape index (κ1) is 19.9. The summed E-state index contributed by atoms with van der Waals surface area (Å²) >= 11 is 0. The maximum absolute atomic E-state index is 12.8. The Hall–Kier alpha value is -3.35. The molecule has 2 aliphatic heterocycles. The van der Waals surface area contributed by atoms with E-state index < -0.39 is 12.1 Å². The highest BCUT2D eigenvalue weighted by Gasteiger charge is 2.36. The van der Waals surface area contributed by atoms with Crippen LogP contribution in [-0.4, -0.2) is 43.0 Å². The van der Waals surface area contributed by atoms with Gasteiger partial charge in [-0.05, 0) is 57.0 Å². The first-order chi connectivity index (χ1) is 14.5. The van der Waals surface area contributed by atoms with Crippen LogP contribution in [0.5, 0.6) is 0 Å². The lowest BCUT2D eigenvalue weighted by atomic mass is 10.1. The number of fused-ring (bicyclic) bond motifs is 3. The number of carbonyl (C=O) groups is 3. The van der Waals surface area contributed by atoms with Crippen molar-refractivity contribution in [2.24, 2.45) is 0 Å². The number of rotatable bonds is 5. The number of anilines is 3. The minimum atomic E-state index is -0.939. The molecule has 0 saturated carbocycles. The lowest BCUT2D eigenvalue weighted by molar-refractivity contribution is -0.126. The molecule has 0 spiro atoms. The van der Waals surface area contributed by atoms with E-state index in [0.29, 0.717) is 17.8 Å². The standard InChI is InChI=1S/C23H25N3O4/c1-3-25(17-8-5-4-6-9-17)22(28)15(2)30-23(29)16-11-12-19-18(14-16)24-21(27)20-10-7-13-26(19)20/h4-6,8-9,11-12,14-15,20H,3,7,10,13H2,1-2H3,(H,24,27)/t15-,20-/m0/s1. The summed E-state index contributed by atoms with van der Waals surface area (Å²) in [5.74, 6) is -0.931. The average molecular weight is 407 g/mol. The fraction of sp³-hybridized carbons (Fsp3) is 0.348. The Kier molecular flexibility index (Phi) is 5.44. The molecule has 7 nitrogen and oxygen atoms in total. The highest BCUT2D eigenvalue weighted by atomic mass is 16.5. The van der Waals surface area contributed by atoms with Gasteiger partial charge in [0.1, 0.15) is 6.04 Å². The second kappa shape index (κ2) is 8.18. The van der Waals surface area contributed by atoms with Gasteiger partial charge in [0.15, 0.2) is 6.10 Å². The molecular formula is C23H25N3O4. The smallest absolute Gasteiger partial charge is 0.338 e. The average Bonchev–Trinajstić information content (AvgIpc) is 3.25. The number of carbonyl (C=O) groups excluding carboxylic acids is 3. The van der Waals surface area contributed by atoms with Gasteiger partial charge in [0.25, 0.3) is 5.91 Å². The van der Waals surface area contributed by atoms with E-state index in [1.807, 2.05) is 43.3 Å². The lowest BCUT2D eigenvalue weighted by Gasteiger charge is -2.33. The number of likely N-dealkylation sites (N-methyl/N-ethyl adjacent to an activating group) is 1. The summed E-state index contributed by atoms with van der Waals surface area (Å²) in [5, 5.41) is 2.89. The number of esters is 1. The fourth-order valence-corrected chi connectivity index (χ4v) is 4.13. The predicted molar refractivity (Wildman–Crippen MR) is 115 cm³/mol. The first-order valence-electron chi connectivity index (χ1n) is 10.3. The second-order valence-corrected chi connectivity index (χ2v) is 7.54. The summed E-state index contributed by atoms with van der Waals surface area (Å²) < 4.78 is 5.45. The summed E-state index contributed by atoms with van der Waals surface area (Å²) in [4.78, 5) is 41.5. The van der Waals surface area contributed by atoms with Crippen LogP contribution in [0.2, 0.25) is 0 Å². The molecule has 7 heteroatoms. The van der Waals surface area contributed by atoms with Crippen molar-refractivity contribution in [1.82, 2.24) is 0 Å². The molecule has 30 heavy (non-hydrogen) atoms. The van der Waals surface area contributed by atoms with E-state index in [9.17, 15) is 14.4 Å². The van der Waals surface area contributed by atoms with Crippen LogP contribution in [0, 0.1) is 0 Å². The summed E-state index contributed by atoms with van der Waals surface area (Å²) in [6.07, 6.45) is 0.867. The molecule has 2 atom stereocenters. The number of nitrogens with one attached hydrogen (secondary N) is 1. The van der Waals surface area contributed by atoms with Crippen LogP contribution in [0.15, 0.2) is 48.5 Å². The quantitative estimate of drug-likeness (QED) is 0.770. The van der Waals surface area contributed by atoms with E-state index in [1.54, 1.807) is 24.0 Å². The number of ether oxygens (including phenoxy) is 1. The highest BCUT2D eigenvalue weighted by Crippen LogP contribution is 2.37. The van der Waals surface area contributed by atoms with Gasteiger partial charge in [-0.1, -0.05) is 18.2 Å². The Morgan fingerprint density at radius 3 is 2.73 bits per heavy atom. The SMILES string of the molecule is CCN(C(=O)[C@H](C)OC(=O)c1ccc2c(c1)NC(=O)[C@@H]1CCCN21)c1ccccc1. The molecule has 2 heterocycles. The zero-order chi connectivity index (χ0) is 21.3. The van der Waals surface area contributed by atoms with Crippen LogP contribution >= 0.6 is 0 Å². The largest absolute Gasteiger partial charge is 0.449 e.